The molecule has 0 spiro atoms. The van der Waals surface area contributed by atoms with Gasteiger partial charge in [-0.25, -0.2) is 4.98 Å². The quantitative estimate of drug-likeness (QED) is 0.583. The summed E-state index contributed by atoms with van der Waals surface area (Å²) in [6, 6.07) is 21.1. The van der Waals surface area contributed by atoms with Crippen molar-refractivity contribution in [2.24, 2.45) is 0 Å². The number of nitrogens with one attached hydrogen (secondary N) is 1. The van der Waals surface area contributed by atoms with E-state index in [9.17, 15) is 4.79 Å². The van der Waals surface area contributed by atoms with Crippen molar-refractivity contribution in [3.63, 3.8) is 0 Å². The maximum absolute atomic E-state index is 12.3. The Morgan fingerprint density at radius 1 is 1.04 bits per heavy atom. The van der Waals surface area contributed by atoms with Gasteiger partial charge in [-0.3, -0.25) is 4.79 Å². The number of pyridine rings is 1. The Morgan fingerprint density at radius 2 is 1.81 bits per heavy atom. The van der Waals surface area contributed by atoms with Crippen LogP contribution in [0.1, 0.15) is 5.56 Å². The van der Waals surface area contributed by atoms with Crippen LogP contribution in [0.15, 0.2) is 79.1 Å². The zero-order valence-corrected chi connectivity index (χ0v) is 14.9. The summed E-state index contributed by atoms with van der Waals surface area (Å²) in [5.41, 5.74) is 4.41. The van der Waals surface area contributed by atoms with E-state index in [0.717, 1.165) is 33.9 Å². The van der Waals surface area contributed by atoms with Gasteiger partial charge in [0.2, 0.25) is 5.91 Å². The van der Waals surface area contributed by atoms with Crippen molar-refractivity contribution in [1.29, 1.82) is 0 Å². The van der Waals surface area contributed by atoms with Gasteiger partial charge in [0.1, 0.15) is 11.4 Å². The average molecular weight is 357 g/mol. The zero-order chi connectivity index (χ0) is 18.6. The Kier molecular flexibility index (Phi) is 4.58. The smallest absolute Gasteiger partial charge is 0.228 e. The van der Waals surface area contributed by atoms with Crippen LogP contribution in [-0.2, 0) is 11.2 Å². The molecule has 5 heteroatoms. The number of aromatic nitrogens is 2. The molecular formula is C22H19N3O2. The van der Waals surface area contributed by atoms with E-state index >= 15 is 0 Å². The molecule has 1 N–H and O–H groups in total. The van der Waals surface area contributed by atoms with Crippen LogP contribution in [0.5, 0.6) is 5.75 Å². The van der Waals surface area contributed by atoms with Gasteiger partial charge in [0.25, 0.3) is 0 Å². The summed E-state index contributed by atoms with van der Waals surface area (Å²) in [5, 5.41) is 2.93. The number of hydrogen-bond acceptors (Lipinski definition) is 3. The fourth-order valence-electron chi connectivity index (χ4n) is 3.03. The molecule has 0 aliphatic carbocycles. The monoisotopic (exact) mass is 357 g/mol. The van der Waals surface area contributed by atoms with Crippen molar-refractivity contribution in [2.75, 3.05) is 12.4 Å². The molecule has 4 rings (SSSR count). The van der Waals surface area contributed by atoms with E-state index < -0.39 is 0 Å². The molecule has 0 bridgehead atoms. The lowest BCUT2D eigenvalue weighted by molar-refractivity contribution is -0.115. The number of nitrogens with zero attached hydrogens (tertiary/aromatic N) is 2. The van der Waals surface area contributed by atoms with E-state index in [1.807, 2.05) is 83.5 Å². The molecule has 0 unspecified atom stereocenters. The topological polar surface area (TPSA) is 55.6 Å². The van der Waals surface area contributed by atoms with Crippen molar-refractivity contribution in [3.8, 4) is 17.0 Å². The van der Waals surface area contributed by atoms with Crippen molar-refractivity contribution in [2.45, 2.75) is 6.42 Å². The van der Waals surface area contributed by atoms with Crippen LogP contribution < -0.4 is 10.1 Å². The minimum absolute atomic E-state index is 0.0834. The number of imidazole rings is 1. The second-order valence-electron chi connectivity index (χ2n) is 6.21. The molecule has 2 aromatic carbocycles. The first-order chi connectivity index (χ1) is 13.2. The minimum atomic E-state index is -0.0834. The molecule has 0 saturated carbocycles. The standard InChI is InChI=1S/C22H19N3O2/c1-27-20-7-3-2-6-17(20)14-22(26)23-18-11-9-16(10-12-18)19-15-25-13-5-4-8-21(25)24-19/h2-13,15H,14H2,1H3,(H,23,26). The van der Waals surface area contributed by atoms with Gasteiger partial charge in [-0.2, -0.15) is 0 Å². The normalized spacial score (nSPS) is 10.7. The number of anilines is 1. The summed E-state index contributed by atoms with van der Waals surface area (Å²) >= 11 is 0. The van der Waals surface area contributed by atoms with Gasteiger partial charge in [-0.05, 0) is 30.3 Å². The van der Waals surface area contributed by atoms with Gasteiger partial charge >= 0.3 is 0 Å². The van der Waals surface area contributed by atoms with Crippen LogP contribution in [0.4, 0.5) is 5.69 Å². The number of carbonyl (C=O) groups excluding carboxylic acids is 1. The fourth-order valence-corrected chi connectivity index (χ4v) is 3.03. The first kappa shape index (κ1) is 16.8. The second kappa shape index (κ2) is 7.33. The third-order valence-electron chi connectivity index (χ3n) is 4.37. The van der Waals surface area contributed by atoms with Crippen LogP contribution in [0.25, 0.3) is 16.9 Å². The van der Waals surface area contributed by atoms with Crippen LogP contribution >= 0.6 is 0 Å². The van der Waals surface area contributed by atoms with Crippen LogP contribution in [0.2, 0.25) is 0 Å². The van der Waals surface area contributed by atoms with Gasteiger partial charge < -0.3 is 14.5 Å². The van der Waals surface area contributed by atoms with Crippen molar-refractivity contribution < 1.29 is 9.53 Å². The lowest BCUT2D eigenvalue weighted by Crippen LogP contribution is -2.14. The van der Waals surface area contributed by atoms with E-state index in [1.165, 1.54) is 0 Å². The molecule has 0 radical (unpaired) electrons. The summed E-state index contributed by atoms with van der Waals surface area (Å²) in [6.45, 7) is 0. The Bertz CT molecular complexity index is 1050. The van der Waals surface area contributed by atoms with Gasteiger partial charge in [-0.1, -0.05) is 36.4 Å². The molecule has 0 fully saturated rings. The van der Waals surface area contributed by atoms with Crippen LogP contribution in [0.3, 0.4) is 0 Å². The molecule has 134 valence electrons. The van der Waals surface area contributed by atoms with E-state index in [4.69, 9.17) is 4.74 Å². The van der Waals surface area contributed by atoms with Gasteiger partial charge in [0, 0.05) is 29.2 Å². The Hall–Kier alpha value is -3.60. The number of ether oxygens (including phenoxy) is 1. The lowest BCUT2D eigenvalue weighted by atomic mass is 10.1. The summed E-state index contributed by atoms with van der Waals surface area (Å²) in [6.07, 6.45) is 4.22. The highest BCUT2D eigenvalue weighted by Gasteiger charge is 2.09. The average Bonchev–Trinajstić information content (AvgIpc) is 3.13. The van der Waals surface area contributed by atoms with E-state index in [1.54, 1.807) is 7.11 Å². The highest BCUT2D eigenvalue weighted by Crippen LogP contribution is 2.22. The molecule has 0 aliphatic rings. The minimum Gasteiger partial charge on any atom is -0.496 e. The van der Waals surface area contributed by atoms with E-state index in [-0.39, 0.29) is 12.3 Å². The highest BCUT2D eigenvalue weighted by molar-refractivity contribution is 5.92. The first-order valence-electron chi connectivity index (χ1n) is 8.69. The van der Waals surface area contributed by atoms with E-state index in [0.29, 0.717) is 0 Å². The maximum Gasteiger partial charge on any atom is 0.228 e. The van der Waals surface area contributed by atoms with Crippen molar-refractivity contribution in [3.05, 3.63) is 84.7 Å². The SMILES string of the molecule is COc1ccccc1CC(=O)Nc1ccc(-c2cn3ccccc3n2)cc1. The van der Waals surface area contributed by atoms with Crippen molar-refractivity contribution >= 4 is 17.2 Å². The third-order valence-corrected chi connectivity index (χ3v) is 4.37. The van der Waals surface area contributed by atoms with Crippen LogP contribution in [-0.4, -0.2) is 22.4 Å². The van der Waals surface area contributed by atoms with Crippen molar-refractivity contribution in [1.82, 2.24) is 9.38 Å². The highest BCUT2D eigenvalue weighted by atomic mass is 16.5. The molecule has 0 atom stereocenters. The summed E-state index contributed by atoms with van der Waals surface area (Å²) in [4.78, 5) is 17.0. The number of rotatable bonds is 5. The number of methoxy groups -OCH3 is 1. The summed E-state index contributed by atoms with van der Waals surface area (Å²) in [7, 11) is 1.61. The Labute approximate surface area is 157 Å². The molecule has 5 nitrogen and oxygen atoms in total. The zero-order valence-electron chi connectivity index (χ0n) is 14.9. The Morgan fingerprint density at radius 3 is 2.59 bits per heavy atom. The third kappa shape index (κ3) is 3.67. The molecule has 27 heavy (non-hydrogen) atoms. The van der Waals surface area contributed by atoms with Gasteiger partial charge in [-0.15, -0.1) is 0 Å². The first-order valence-corrected chi connectivity index (χ1v) is 8.69. The number of amides is 1. The molecule has 4 aromatic rings. The molecule has 0 aliphatic heterocycles. The lowest BCUT2D eigenvalue weighted by Gasteiger charge is -2.09. The largest absolute Gasteiger partial charge is 0.496 e. The molecule has 1 amide bonds. The summed E-state index contributed by atoms with van der Waals surface area (Å²) < 4.78 is 7.28. The van der Waals surface area contributed by atoms with Gasteiger partial charge in [0.05, 0.1) is 19.2 Å². The van der Waals surface area contributed by atoms with Gasteiger partial charge in [0.15, 0.2) is 0 Å². The Balaban J connectivity index is 1.46. The predicted octanol–water partition coefficient (Wildman–Crippen LogP) is 4.19. The van der Waals surface area contributed by atoms with E-state index in [2.05, 4.69) is 10.3 Å². The molecule has 2 aromatic heterocycles. The molecule has 2 heterocycles. The number of para-hydroxylation sites is 1. The second-order valence-corrected chi connectivity index (χ2v) is 6.21. The number of benzene rings is 2. The predicted molar refractivity (Wildman–Crippen MR) is 106 cm³/mol. The van der Waals surface area contributed by atoms with Crippen LogP contribution in [0, 0.1) is 0 Å². The fraction of sp³-hybridized carbons (Fsp3) is 0.0909. The summed E-state index contributed by atoms with van der Waals surface area (Å²) in [5.74, 6) is 0.634. The molecular weight excluding hydrogens is 338 g/mol. The number of fused-ring (bicyclic) bond motifs is 1. The number of hydrogen-bond donors (Lipinski definition) is 1. The maximum atomic E-state index is 12.3. The molecule has 0 saturated heterocycles. The number of carbonyl (C=O) groups is 1.